The highest BCUT2D eigenvalue weighted by Crippen LogP contribution is 2.35. The molecule has 0 N–H and O–H groups in total. The topological polar surface area (TPSA) is 26.3 Å². The van der Waals surface area contributed by atoms with E-state index in [0.29, 0.717) is 0 Å². The first kappa shape index (κ1) is 11.6. The third-order valence-electron chi connectivity index (χ3n) is 2.76. The largest absolute Gasteiger partial charge is 0.373 e. The lowest BCUT2D eigenvalue weighted by molar-refractivity contribution is 0.0536. The highest BCUT2D eigenvalue weighted by atomic mass is 35.5. The number of hydrogen-bond donors (Lipinski definition) is 0. The van der Waals surface area contributed by atoms with Gasteiger partial charge in [0.2, 0.25) is 0 Å². The molecule has 4 heteroatoms. The Morgan fingerprint density at radius 2 is 2.25 bits per heavy atom. The van der Waals surface area contributed by atoms with Crippen LogP contribution in [0.3, 0.4) is 0 Å². The molecule has 1 fully saturated rings. The summed E-state index contributed by atoms with van der Waals surface area (Å²) < 4.78 is 18.6. The average molecular weight is 243 g/mol. The monoisotopic (exact) mass is 242 g/mol. The quantitative estimate of drug-likeness (QED) is 0.759. The smallest absolute Gasteiger partial charge is 0.194 e. The molecule has 0 amide bonds. The van der Waals surface area contributed by atoms with Crippen LogP contribution in [-0.2, 0) is 4.74 Å². The number of ether oxygens (including phenoxy) is 1. The summed E-state index contributed by atoms with van der Waals surface area (Å²) in [4.78, 5) is 12.0. The summed E-state index contributed by atoms with van der Waals surface area (Å²) >= 11 is 5.63. The fourth-order valence-corrected chi connectivity index (χ4v) is 1.91. The lowest BCUT2D eigenvalue weighted by Crippen LogP contribution is -2.26. The lowest BCUT2D eigenvalue weighted by atomic mass is 10.0. The van der Waals surface area contributed by atoms with Crippen LogP contribution < -0.4 is 0 Å². The molecule has 1 atom stereocenters. The van der Waals surface area contributed by atoms with Gasteiger partial charge in [0.1, 0.15) is 11.9 Å². The fourth-order valence-electron chi connectivity index (χ4n) is 1.76. The van der Waals surface area contributed by atoms with Crippen LogP contribution in [0.5, 0.6) is 0 Å². The molecule has 1 aliphatic carbocycles. The zero-order valence-corrected chi connectivity index (χ0v) is 9.63. The predicted molar refractivity (Wildman–Crippen MR) is 59.3 cm³/mol. The van der Waals surface area contributed by atoms with E-state index in [9.17, 15) is 9.18 Å². The van der Waals surface area contributed by atoms with Crippen molar-refractivity contribution in [1.29, 1.82) is 0 Å². The van der Waals surface area contributed by atoms with Gasteiger partial charge in [0.05, 0.1) is 5.56 Å². The fraction of sp³-hybridized carbons (Fsp3) is 0.417. The number of rotatable bonds is 4. The van der Waals surface area contributed by atoms with Gasteiger partial charge in [-0.2, -0.15) is 0 Å². The van der Waals surface area contributed by atoms with E-state index in [1.165, 1.54) is 19.2 Å². The van der Waals surface area contributed by atoms with Crippen molar-refractivity contribution < 1.29 is 13.9 Å². The maximum absolute atomic E-state index is 13.5. The van der Waals surface area contributed by atoms with Gasteiger partial charge in [-0.15, -0.1) is 0 Å². The SMILES string of the molecule is COC(C(=O)c1ccc(Cl)cc1F)C1CC1. The maximum atomic E-state index is 13.5. The Hall–Kier alpha value is -0.930. The molecule has 0 saturated heterocycles. The van der Waals surface area contributed by atoms with E-state index in [1.54, 1.807) is 0 Å². The minimum absolute atomic E-state index is 0.0585. The lowest BCUT2D eigenvalue weighted by Gasteiger charge is -2.13. The van der Waals surface area contributed by atoms with Gasteiger partial charge in [0.15, 0.2) is 5.78 Å². The van der Waals surface area contributed by atoms with Crippen LogP contribution in [0.1, 0.15) is 23.2 Å². The molecule has 0 bridgehead atoms. The molecule has 16 heavy (non-hydrogen) atoms. The molecular weight excluding hydrogens is 231 g/mol. The van der Waals surface area contributed by atoms with Crippen LogP contribution >= 0.6 is 11.6 Å². The first-order valence-electron chi connectivity index (χ1n) is 5.15. The Morgan fingerprint density at radius 1 is 1.56 bits per heavy atom. The van der Waals surface area contributed by atoms with Gasteiger partial charge in [-0.1, -0.05) is 11.6 Å². The van der Waals surface area contributed by atoms with Crippen LogP contribution in [0.4, 0.5) is 4.39 Å². The summed E-state index contributed by atoms with van der Waals surface area (Å²) in [6.45, 7) is 0. The van der Waals surface area contributed by atoms with Gasteiger partial charge in [-0.05, 0) is 37.0 Å². The van der Waals surface area contributed by atoms with Crippen molar-refractivity contribution in [1.82, 2.24) is 0 Å². The summed E-state index contributed by atoms with van der Waals surface area (Å²) in [7, 11) is 1.48. The van der Waals surface area contributed by atoms with E-state index in [2.05, 4.69) is 0 Å². The van der Waals surface area contributed by atoms with E-state index in [4.69, 9.17) is 16.3 Å². The Kier molecular flexibility index (Phi) is 3.26. The van der Waals surface area contributed by atoms with Crippen LogP contribution in [0.25, 0.3) is 0 Å². The summed E-state index contributed by atoms with van der Waals surface area (Å²) in [6.07, 6.45) is 1.43. The highest BCUT2D eigenvalue weighted by molar-refractivity contribution is 6.30. The number of hydrogen-bond acceptors (Lipinski definition) is 2. The Bertz CT molecular complexity index is 415. The van der Waals surface area contributed by atoms with Crippen LogP contribution in [0.15, 0.2) is 18.2 Å². The minimum atomic E-state index is -0.583. The van der Waals surface area contributed by atoms with Crippen molar-refractivity contribution in [3.8, 4) is 0 Å². The zero-order chi connectivity index (χ0) is 11.7. The second-order valence-corrected chi connectivity index (χ2v) is 4.42. The summed E-state index contributed by atoms with van der Waals surface area (Å²) in [5, 5.41) is 0.287. The number of Topliss-reactive ketones (excluding diaryl/α,β-unsaturated/α-hetero) is 1. The number of carbonyl (C=O) groups is 1. The Morgan fingerprint density at radius 3 is 2.75 bits per heavy atom. The number of benzene rings is 1. The number of carbonyl (C=O) groups excluding carboxylic acids is 1. The van der Waals surface area contributed by atoms with E-state index < -0.39 is 11.9 Å². The van der Waals surface area contributed by atoms with Gasteiger partial charge in [0.25, 0.3) is 0 Å². The van der Waals surface area contributed by atoms with Crippen molar-refractivity contribution in [3.63, 3.8) is 0 Å². The molecule has 1 aliphatic rings. The second kappa shape index (κ2) is 4.52. The standard InChI is InChI=1S/C12H12ClFO2/c1-16-12(7-2-3-7)11(15)9-5-4-8(13)6-10(9)14/h4-7,12H,2-3H2,1H3. The molecule has 2 rings (SSSR count). The van der Waals surface area contributed by atoms with Crippen LogP contribution in [-0.4, -0.2) is 19.0 Å². The first-order chi connectivity index (χ1) is 7.63. The third kappa shape index (κ3) is 2.25. The van der Waals surface area contributed by atoms with Gasteiger partial charge in [0, 0.05) is 12.1 Å². The molecule has 86 valence electrons. The van der Waals surface area contributed by atoms with Gasteiger partial charge in [-0.3, -0.25) is 4.79 Å². The summed E-state index contributed by atoms with van der Waals surface area (Å²) in [6, 6.07) is 4.07. The molecule has 1 saturated carbocycles. The van der Waals surface area contributed by atoms with Crippen molar-refractivity contribution in [3.05, 3.63) is 34.6 Å². The van der Waals surface area contributed by atoms with Crippen molar-refractivity contribution in [2.75, 3.05) is 7.11 Å². The first-order valence-corrected chi connectivity index (χ1v) is 5.53. The van der Waals surface area contributed by atoms with Crippen molar-refractivity contribution in [2.24, 2.45) is 5.92 Å². The molecule has 0 aliphatic heterocycles. The zero-order valence-electron chi connectivity index (χ0n) is 8.87. The Balaban J connectivity index is 2.25. The third-order valence-corrected chi connectivity index (χ3v) is 2.99. The molecule has 0 aromatic heterocycles. The minimum Gasteiger partial charge on any atom is -0.373 e. The predicted octanol–water partition coefficient (Wildman–Crippen LogP) is 3.09. The van der Waals surface area contributed by atoms with E-state index in [0.717, 1.165) is 18.9 Å². The van der Waals surface area contributed by atoms with Crippen molar-refractivity contribution >= 4 is 17.4 Å². The average Bonchev–Trinajstić information content (AvgIpc) is 3.02. The molecule has 2 nitrogen and oxygen atoms in total. The number of methoxy groups -OCH3 is 1. The molecule has 0 radical (unpaired) electrons. The van der Waals surface area contributed by atoms with E-state index in [-0.39, 0.29) is 22.3 Å². The molecular formula is C12H12ClFO2. The number of ketones is 1. The van der Waals surface area contributed by atoms with Gasteiger partial charge in [-0.25, -0.2) is 4.39 Å². The molecule has 1 aromatic rings. The summed E-state index contributed by atoms with van der Waals surface area (Å²) in [5.74, 6) is -0.632. The van der Waals surface area contributed by atoms with Crippen molar-refractivity contribution in [2.45, 2.75) is 18.9 Å². The van der Waals surface area contributed by atoms with Crippen LogP contribution in [0.2, 0.25) is 5.02 Å². The van der Waals surface area contributed by atoms with Gasteiger partial charge < -0.3 is 4.74 Å². The molecule has 1 unspecified atom stereocenters. The number of halogens is 2. The Labute approximate surface area is 98.4 Å². The van der Waals surface area contributed by atoms with E-state index in [1.807, 2.05) is 0 Å². The maximum Gasteiger partial charge on any atom is 0.194 e. The molecule has 0 heterocycles. The summed E-state index contributed by atoms with van der Waals surface area (Å²) in [5.41, 5.74) is 0.0585. The molecule has 0 spiro atoms. The van der Waals surface area contributed by atoms with Gasteiger partial charge >= 0.3 is 0 Å². The second-order valence-electron chi connectivity index (χ2n) is 3.98. The molecule has 1 aromatic carbocycles. The van der Waals surface area contributed by atoms with E-state index >= 15 is 0 Å². The normalized spacial score (nSPS) is 17.2. The highest BCUT2D eigenvalue weighted by Gasteiger charge is 2.37. The van der Waals surface area contributed by atoms with Crippen LogP contribution in [0, 0.1) is 11.7 Å².